The Morgan fingerprint density at radius 3 is 2.67 bits per heavy atom. The summed E-state index contributed by atoms with van der Waals surface area (Å²) < 4.78 is 4.68. The third kappa shape index (κ3) is 3.44. The Bertz CT molecular complexity index is 339. The molecule has 0 amide bonds. The molecule has 1 rings (SSSR count). The van der Waals surface area contributed by atoms with E-state index in [1.807, 2.05) is 6.07 Å². The van der Waals surface area contributed by atoms with Crippen molar-refractivity contribution in [3.8, 4) is 0 Å². The van der Waals surface area contributed by atoms with E-state index in [1.54, 1.807) is 12.1 Å². The number of hydrogen-bond donors (Lipinski definition) is 1. The molecule has 0 aliphatic heterocycles. The van der Waals surface area contributed by atoms with Crippen LogP contribution in [0.5, 0.6) is 0 Å². The van der Waals surface area contributed by atoms with Crippen molar-refractivity contribution < 1.29 is 9.53 Å². The summed E-state index contributed by atoms with van der Waals surface area (Å²) in [6, 6.07) is 5.26. The number of carbonyl (C=O) groups excluding carboxylic acids is 1. The van der Waals surface area contributed by atoms with Crippen LogP contribution in [0.3, 0.4) is 0 Å². The number of carbonyl (C=O) groups is 1. The third-order valence-corrected chi connectivity index (χ3v) is 2.05. The van der Waals surface area contributed by atoms with Gasteiger partial charge in [0.2, 0.25) is 0 Å². The molecule has 0 aromatic heterocycles. The molecule has 0 saturated heterocycles. The number of ether oxygens (including phenoxy) is 1. The summed E-state index contributed by atoms with van der Waals surface area (Å²) in [4.78, 5) is 11.4. The van der Waals surface area contributed by atoms with E-state index >= 15 is 0 Å². The predicted molar refractivity (Wildman–Crippen MR) is 63.4 cm³/mol. The first-order chi connectivity index (χ1) is 6.69. The number of benzene rings is 1. The normalized spacial score (nSPS) is 9.20. The molecule has 0 heterocycles. The van der Waals surface area contributed by atoms with E-state index in [2.05, 4.69) is 11.7 Å². The second-order valence-corrected chi connectivity index (χ2v) is 3.16. The number of aryl methyl sites for hydroxylation is 1. The standard InChI is InChI=1S/C11H15NO2.ClH/c1-3-4-8-7-9(12)5-6-10(8)11(13)14-2;/h5-7H,3-4,12H2,1-2H3;1H. The molecule has 15 heavy (non-hydrogen) atoms. The fourth-order valence-electron chi connectivity index (χ4n) is 1.40. The van der Waals surface area contributed by atoms with Crippen LogP contribution in [0.15, 0.2) is 18.2 Å². The summed E-state index contributed by atoms with van der Waals surface area (Å²) in [5.74, 6) is -0.298. The van der Waals surface area contributed by atoms with Gasteiger partial charge in [-0.25, -0.2) is 4.79 Å². The fourth-order valence-corrected chi connectivity index (χ4v) is 1.40. The average molecular weight is 230 g/mol. The summed E-state index contributed by atoms with van der Waals surface area (Å²) in [6.45, 7) is 2.06. The van der Waals surface area contributed by atoms with Crippen molar-refractivity contribution in [2.24, 2.45) is 0 Å². The van der Waals surface area contributed by atoms with Crippen LogP contribution in [-0.4, -0.2) is 13.1 Å². The zero-order chi connectivity index (χ0) is 10.6. The Hall–Kier alpha value is -1.22. The first-order valence-corrected chi connectivity index (χ1v) is 4.65. The number of methoxy groups -OCH3 is 1. The van der Waals surface area contributed by atoms with Crippen molar-refractivity contribution >= 4 is 24.1 Å². The van der Waals surface area contributed by atoms with E-state index in [9.17, 15) is 4.79 Å². The maximum atomic E-state index is 11.4. The van der Waals surface area contributed by atoms with E-state index < -0.39 is 0 Å². The number of nitrogen functional groups attached to an aromatic ring is 1. The van der Waals surface area contributed by atoms with Crippen LogP contribution >= 0.6 is 12.4 Å². The molecule has 0 aliphatic carbocycles. The maximum absolute atomic E-state index is 11.4. The van der Waals surface area contributed by atoms with Gasteiger partial charge in [-0.3, -0.25) is 0 Å². The number of nitrogens with two attached hydrogens (primary N) is 1. The van der Waals surface area contributed by atoms with Gasteiger partial charge >= 0.3 is 5.97 Å². The zero-order valence-corrected chi connectivity index (χ0v) is 9.76. The molecule has 0 spiro atoms. The number of rotatable bonds is 3. The summed E-state index contributed by atoms with van der Waals surface area (Å²) in [5, 5.41) is 0. The minimum Gasteiger partial charge on any atom is -0.465 e. The van der Waals surface area contributed by atoms with Gasteiger partial charge in [0.05, 0.1) is 12.7 Å². The molecule has 0 atom stereocenters. The highest BCUT2D eigenvalue weighted by molar-refractivity contribution is 5.91. The molecule has 0 aliphatic rings. The van der Waals surface area contributed by atoms with Crippen molar-refractivity contribution in [3.63, 3.8) is 0 Å². The maximum Gasteiger partial charge on any atom is 0.338 e. The van der Waals surface area contributed by atoms with Crippen molar-refractivity contribution in [1.29, 1.82) is 0 Å². The summed E-state index contributed by atoms with van der Waals surface area (Å²) in [7, 11) is 1.38. The number of hydrogen-bond acceptors (Lipinski definition) is 3. The predicted octanol–water partition coefficient (Wildman–Crippen LogP) is 2.43. The largest absolute Gasteiger partial charge is 0.465 e. The molecule has 2 N–H and O–H groups in total. The fraction of sp³-hybridized carbons (Fsp3) is 0.364. The SMILES string of the molecule is CCCc1cc(N)ccc1C(=O)OC.Cl. The molecule has 1 aromatic rings. The molecule has 0 fully saturated rings. The van der Waals surface area contributed by atoms with Crippen LogP contribution in [0.4, 0.5) is 5.69 Å². The highest BCUT2D eigenvalue weighted by Gasteiger charge is 2.10. The molecular weight excluding hydrogens is 214 g/mol. The molecule has 0 bridgehead atoms. The minimum atomic E-state index is -0.298. The van der Waals surface area contributed by atoms with E-state index in [0.717, 1.165) is 18.4 Å². The van der Waals surface area contributed by atoms with E-state index in [4.69, 9.17) is 5.73 Å². The molecule has 3 nitrogen and oxygen atoms in total. The number of anilines is 1. The highest BCUT2D eigenvalue weighted by Crippen LogP contribution is 2.16. The Morgan fingerprint density at radius 2 is 2.13 bits per heavy atom. The van der Waals surface area contributed by atoms with Gasteiger partial charge in [0.25, 0.3) is 0 Å². The smallest absolute Gasteiger partial charge is 0.338 e. The van der Waals surface area contributed by atoms with Gasteiger partial charge in [0, 0.05) is 5.69 Å². The Labute approximate surface area is 96.0 Å². The van der Waals surface area contributed by atoms with E-state index in [1.165, 1.54) is 7.11 Å². The first-order valence-electron chi connectivity index (χ1n) is 4.65. The number of esters is 1. The second-order valence-electron chi connectivity index (χ2n) is 3.16. The van der Waals surface area contributed by atoms with Crippen molar-refractivity contribution in [2.45, 2.75) is 19.8 Å². The van der Waals surface area contributed by atoms with E-state index in [0.29, 0.717) is 11.3 Å². The Kier molecular flexibility index (Phi) is 5.79. The lowest BCUT2D eigenvalue weighted by Crippen LogP contribution is -2.06. The first kappa shape index (κ1) is 13.8. The van der Waals surface area contributed by atoms with Gasteiger partial charge in [-0.15, -0.1) is 12.4 Å². The quantitative estimate of drug-likeness (QED) is 0.640. The van der Waals surface area contributed by atoms with Crippen LogP contribution < -0.4 is 5.73 Å². The van der Waals surface area contributed by atoms with E-state index in [-0.39, 0.29) is 18.4 Å². The van der Waals surface area contributed by atoms with Gasteiger partial charge in [0.1, 0.15) is 0 Å². The van der Waals surface area contributed by atoms with Crippen LogP contribution in [0.1, 0.15) is 29.3 Å². The number of halogens is 1. The second kappa shape index (κ2) is 6.30. The monoisotopic (exact) mass is 229 g/mol. The van der Waals surface area contributed by atoms with Crippen LogP contribution in [0.25, 0.3) is 0 Å². The van der Waals surface area contributed by atoms with Crippen molar-refractivity contribution in [2.75, 3.05) is 12.8 Å². The van der Waals surface area contributed by atoms with Gasteiger partial charge in [-0.05, 0) is 30.2 Å². The van der Waals surface area contributed by atoms with Crippen molar-refractivity contribution in [3.05, 3.63) is 29.3 Å². The lowest BCUT2D eigenvalue weighted by atomic mass is 10.0. The molecule has 4 heteroatoms. The van der Waals surface area contributed by atoms with Crippen LogP contribution in [0, 0.1) is 0 Å². The lowest BCUT2D eigenvalue weighted by Gasteiger charge is -2.07. The third-order valence-electron chi connectivity index (χ3n) is 2.05. The minimum absolute atomic E-state index is 0. The van der Waals surface area contributed by atoms with Crippen LogP contribution in [0.2, 0.25) is 0 Å². The average Bonchev–Trinajstić information content (AvgIpc) is 2.17. The summed E-state index contributed by atoms with van der Waals surface area (Å²) >= 11 is 0. The zero-order valence-electron chi connectivity index (χ0n) is 8.95. The molecule has 0 unspecified atom stereocenters. The molecule has 84 valence electrons. The lowest BCUT2D eigenvalue weighted by molar-refractivity contribution is 0.0599. The highest BCUT2D eigenvalue weighted by atomic mass is 35.5. The Balaban J connectivity index is 0.00000196. The van der Waals surface area contributed by atoms with Crippen molar-refractivity contribution in [1.82, 2.24) is 0 Å². The molecular formula is C11H16ClNO2. The molecule has 1 aromatic carbocycles. The topological polar surface area (TPSA) is 52.3 Å². The van der Waals surface area contributed by atoms with Gasteiger partial charge in [0.15, 0.2) is 0 Å². The van der Waals surface area contributed by atoms with Gasteiger partial charge < -0.3 is 10.5 Å². The Morgan fingerprint density at radius 1 is 1.47 bits per heavy atom. The van der Waals surface area contributed by atoms with Gasteiger partial charge in [-0.1, -0.05) is 13.3 Å². The molecule has 0 saturated carbocycles. The summed E-state index contributed by atoms with van der Waals surface area (Å²) in [5.41, 5.74) is 7.90. The van der Waals surface area contributed by atoms with Crippen LogP contribution in [-0.2, 0) is 11.2 Å². The summed E-state index contributed by atoms with van der Waals surface area (Å²) in [6.07, 6.45) is 1.82. The molecule has 0 radical (unpaired) electrons. The van der Waals surface area contributed by atoms with Gasteiger partial charge in [-0.2, -0.15) is 0 Å².